The van der Waals surface area contributed by atoms with Crippen molar-refractivity contribution in [1.82, 2.24) is 0 Å². The van der Waals surface area contributed by atoms with Gasteiger partial charge in [0.05, 0.1) is 11.2 Å². The van der Waals surface area contributed by atoms with E-state index in [1.165, 1.54) is 73.0 Å². The molecule has 1 aliphatic rings. The average molecular weight is 570 g/mol. The van der Waals surface area contributed by atoms with Crippen LogP contribution in [0.15, 0.2) is 72.8 Å². The molecule has 0 unspecified atom stereocenters. The zero-order valence-corrected chi connectivity index (χ0v) is 27.7. The molecule has 0 N–H and O–H groups in total. The van der Waals surface area contributed by atoms with Crippen molar-refractivity contribution < 1.29 is 9.39 Å². The lowest BCUT2D eigenvalue weighted by molar-refractivity contribution is -0.114. The predicted molar refractivity (Wildman–Crippen MR) is 186 cm³/mol. The molecule has 0 aliphatic heterocycles. The molecule has 1 radical (unpaired) electrons. The van der Waals surface area contributed by atoms with Gasteiger partial charge in [-0.3, -0.25) is 0 Å². The first-order chi connectivity index (χ1) is 20.1. The van der Waals surface area contributed by atoms with Crippen molar-refractivity contribution in [3.63, 3.8) is 0 Å². The Morgan fingerprint density at radius 2 is 1.16 bits per heavy atom. The fourth-order valence-electron chi connectivity index (χ4n) is 6.85. The van der Waals surface area contributed by atoms with E-state index in [1.807, 2.05) is 7.48 Å². The minimum absolute atomic E-state index is 0.181. The van der Waals surface area contributed by atoms with Crippen LogP contribution < -0.4 is 5.46 Å². The van der Waals surface area contributed by atoms with E-state index in [4.69, 9.17) is 9.39 Å². The number of methoxy groups -OCH3 is 1. The van der Waals surface area contributed by atoms with Crippen LogP contribution in [0.4, 0.5) is 0 Å². The second kappa shape index (κ2) is 10.2. The summed E-state index contributed by atoms with van der Waals surface area (Å²) in [6.45, 7) is 20.2. The molecule has 43 heavy (non-hydrogen) atoms. The van der Waals surface area contributed by atoms with Gasteiger partial charge in [0, 0.05) is 7.11 Å². The summed E-state index contributed by atoms with van der Waals surface area (Å²) in [6.07, 6.45) is 2.45. The molecule has 0 heterocycles. The SMILES string of the molecule is COC(C)(C)C(C)(C)O[B]c1ccc2c3ccc(-c4cc5c(cc4C)C(C)(C)CCC5(C)C)cc3c3ccccc3c2c1. The first-order valence-corrected chi connectivity index (χ1v) is 15.8. The number of hydrogen-bond acceptors (Lipinski definition) is 2. The Morgan fingerprint density at radius 1 is 0.628 bits per heavy atom. The van der Waals surface area contributed by atoms with Crippen molar-refractivity contribution in [3.8, 4) is 11.1 Å². The molecule has 6 rings (SSSR count). The van der Waals surface area contributed by atoms with Crippen molar-refractivity contribution in [2.75, 3.05) is 7.11 Å². The standard InChI is InChI=1S/C40H46BO2/c1-25-21-35-36(38(4,5)20-19-37(35,2)3)24-32(25)26-15-17-30-31-18-16-27(41-43-40(8,9)39(6,7)42-10)23-34(31)29-14-12-11-13-28(29)33(30)22-26/h11-18,21-24H,19-20H2,1-10H3. The molecule has 0 saturated heterocycles. The fourth-order valence-corrected chi connectivity index (χ4v) is 6.85. The molecule has 0 spiro atoms. The third-order valence-electron chi connectivity index (χ3n) is 10.8. The number of benzene rings is 5. The highest BCUT2D eigenvalue weighted by Crippen LogP contribution is 2.48. The maximum atomic E-state index is 6.31. The van der Waals surface area contributed by atoms with E-state index in [-0.39, 0.29) is 10.8 Å². The van der Waals surface area contributed by atoms with E-state index in [9.17, 15) is 0 Å². The van der Waals surface area contributed by atoms with Crippen LogP contribution in [-0.4, -0.2) is 25.8 Å². The molecule has 5 aromatic rings. The normalized spacial score (nSPS) is 16.5. The van der Waals surface area contributed by atoms with E-state index in [0.717, 1.165) is 5.46 Å². The number of ether oxygens (including phenoxy) is 1. The zero-order chi connectivity index (χ0) is 30.9. The summed E-state index contributed by atoms with van der Waals surface area (Å²) in [4.78, 5) is 0. The van der Waals surface area contributed by atoms with Crippen LogP contribution in [0.1, 0.15) is 84.9 Å². The molecule has 0 saturated carbocycles. The van der Waals surface area contributed by atoms with Gasteiger partial charge in [-0.05, 0) is 124 Å². The van der Waals surface area contributed by atoms with Crippen molar-refractivity contribution in [2.24, 2.45) is 0 Å². The van der Waals surface area contributed by atoms with Crippen LogP contribution in [0.3, 0.4) is 0 Å². The maximum absolute atomic E-state index is 6.31. The Morgan fingerprint density at radius 3 is 1.77 bits per heavy atom. The lowest BCUT2D eigenvalue weighted by Crippen LogP contribution is -2.50. The number of aryl methyl sites for hydroxylation is 1. The Hall–Kier alpha value is -3.14. The molecule has 0 bridgehead atoms. The van der Waals surface area contributed by atoms with Crippen LogP contribution in [0, 0.1) is 6.92 Å². The lowest BCUT2D eigenvalue weighted by Gasteiger charge is -2.42. The third kappa shape index (κ3) is 4.99. The highest BCUT2D eigenvalue weighted by Gasteiger charge is 2.38. The lowest BCUT2D eigenvalue weighted by atomic mass is 9.62. The van der Waals surface area contributed by atoms with Gasteiger partial charge in [-0.25, -0.2) is 0 Å². The van der Waals surface area contributed by atoms with Gasteiger partial charge in [-0.2, -0.15) is 0 Å². The van der Waals surface area contributed by atoms with Gasteiger partial charge in [0.25, 0.3) is 0 Å². The Bertz CT molecular complexity index is 1860. The number of fused-ring (bicyclic) bond motifs is 7. The minimum Gasteiger partial charge on any atom is -0.427 e. The van der Waals surface area contributed by atoms with Crippen LogP contribution in [0.25, 0.3) is 43.4 Å². The first-order valence-electron chi connectivity index (χ1n) is 15.8. The summed E-state index contributed by atoms with van der Waals surface area (Å²) < 4.78 is 12.0. The molecule has 0 amide bonds. The smallest absolute Gasteiger partial charge is 0.330 e. The highest BCUT2D eigenvalue weighted by molar-refractivity contribution is 6.48. The van der Waals surface area contributed by atoms with E-state index in [0.29, 0.717) is 0 Å². The van der Waals surface area contributed by atoms with Crippen molar-refractivity contribution in [3.05, 3.63) is 89.5 Å². The highest BCUT2D eigenvalue weighted by atomic mass is 16.5. The Labute approximate surface area is 259 Å². The van der Waals surface area contributed by atoms with Gasteiger partial charge in [-0.15, -0.1) is 0 Å². The summed E-state index contributed by atoms with van der Waals surface area (Å²) in [5.74, 6) is 0. The molecular formula is C40H46BO2. The van der Waals surface area contributed by atoms with Gasteiger partial charge in [-0.1, -0.05) is 99.9 Å². The second-order valence-corrected chi connectivity index (χ2v) is 15.1. The minimum atomic E-state index is -0.488. The van der Waals surface area contributed by atoms with Crippen LogP contribution in [-0.2, 0) is 20.2 Å². The predicted octanol–water partition coefficient (Wildman–Crippen LogP) is 9.94. The van der Waals surface area contributed by atoms with E-state index >= 15 is 0 Å². The van der Waals surface area contributed by atoms with Gasteiger partial charge < -0.3 is 9.39 Å². The van der Waals surface area contributed by atoms with E-state index in [1.54, 1.807) is 7.11 Å². The van der Waals surface area contributed by atoms with Gasteiger partial charge in [0.15, 0.2) is 0 Å². The number of hydrogen-bond donors (Lipinski definition) is 0. The Kier molecular flexibility index (Phi) is 7.11. The topological polar surface area (TPSA) is 18.5 Å². The summed E-state index contributed by atoms with van der Waals surface area (Å²) in [7, 11) is 3.61. The molecule has 0 atom stereocenters. The summed E-state index contributed by atoms with van der Waals surface area (Å²) in [5, 5.41) is 7.63. The maximum Gasteiger partial charge on any atom is 0.330 e. The molecule has 0 fully saturated rings. The second-order valence-electron chi connectivity index (χ2n) is 15.1. The molecule has 5 aromatic carbocycles. The third-order valence-corrected chi connectivity index (χ3v) is 10.8. The van der Waals surface area contributed by atoms with Crippen LogP contribution in [0.5, 0.6) is 0 Å². The van der Waals surface area contributed by atoms with E-state index < -0.39 is 11.2 Å². The molecular weight excluding hydrogens is 523 g/mol. The summed E-state index contributed by atoms with van der Waals surface area (Å²) in [6, 6.07) is 27.6. The average Bonchev–Trinajstić information content (AvgIpc) is 2.98. The van der Waals surface area contributed by atoms with Crippen LogP contribution in [0.2, 0.25) is 0 Å². The van der Waals surface area contributed by atoms with Gasteiger partial charge >= 0.3 is 7.48 Å². The quantitative estimate of drug-likeness (QED) is 0.150. The summed E-state index contributed by atoms with van der Waals surface area (Å²) >= 11 is 0. The molecule has 3 heteroatoms. The van der Waals surface area contributed by atoms with Crippen molar-refractivity contribution in [1.29, 1.82) is 0 Å². The van der Waals surface area contributed by atoms with Gasteiger partial charge in [0.2, 0.25) is 0 Å². The molecule has 1 aliphatic carbocycles. The fraction of sp³-hybridized carbons (Fsp3) is 0.400. The Balaban J connectivity index is 1.48. The monoisotopic (exact) mass is 569 g/mol. The number of rotatable bonds is 6. The molecule has 221 valence electrons. The van der Waals surface area contributed by atoms with Crippen molar-refractivity contribution in [2.45, 2.75) is 97.2 Å². The van der Waals surface area contributed by atoms with Gasteiger partial charge in [0.1, 0.15) is 0 Å². The van der Waals surface area contributed by atoms with E-state index in [2.05, 4.69) is 135 Å². The molecule has 0 aromatic heterocycles. The summed E-state index contributed by atoms with van der Waals surface area (Å²) in [5.41, 5.74) is 7.55. The molecule has 2 nitrogen and oxygen atoms in total. The van der Waals surface area contributed by atoms with Crippen LogP contribution >= 0.6 is 0 Å². The zero-order valence-electron chi connectivity index (χ0n) is 27.7. The van der Waals surface area contributed by atoms with Crippen molar-refractivity contribution >= 4 is 45.3 Å². The first kappa shape index (κ1) is 29.9. The largest absolute Gasteiger partial charge is 0.427 e.